The van der Waals surface area contributed by atoms with Gasteiger partial charge in [-0.05, 0) is 60.7 Å². The molecule has 2 aromatic heterocycles. The average Bonchev–Trinajstić information content (AvgIpc) is 3.45. The van der Waals surface area contributed by atoms with Crippen LogP contribution in [0.5, 0.6) is 0 Å². The fraction of sp³-hybridized carbons (Fsp3) is 0.0800. The summed E-state index contributed by atoms with van der Waals surface area (Å²) in [6.07, 6.45) is 1.76. The second kappa shape index (κ2) is 8.28. The van der Waals surface area contributed by atoms with Crippen molar-refractivity contribution >= 4 is 29.0 Å². The molecule has 1 aliphatic heterocycles. The summed E-state index contributed by atoms with van der Waals surface area (Å²) in [6, 6.07) is 25.7. The normalized spacial score (nSPS) is 17.9. The van der Waals surface area contributed by atoms with Crippen molar-refractivity contribution in [3.05, 3.63) is 108 Å². The maximum absolute atomic E-state index is 11.1. The van der Waals surface area contributed by atoms with Crippen molar-refractivity contribution in [1.82, 2.24) is 10.3 Å². The summed E-state index contributed by atoms with van der Waals surface area (Å²) >= 11 is 5.71. The van der Waals surface area contributed by atoms with Gasteiger partial charge in [0, 0.05) is 17.4 Å². The van der Waals surface area contributed by atoms with Gasteiger partial charge in [0.25, 0.3) is 0 Å². The first-order valence-electron chi connectivity index (χ1n) is 10.1. The molecule has 2 aromatic carbocycles. The smallest absolute Gasteiger partial charge is 0.335 e. The average molecular weight is 442 g/mol. The zero-order valence-corrected chi connectivity index (χ0v) is 17.7. The second-order valence-corrected chi connectivity index (χ2v) is 7.80. The van der Waals surface area contributed by atoms with Crippen molar-refractivity contribution in [3.8, 4) is 11.3 Å². The van der Waals surface area contributed by atoms with E-state index in [0.717, 1.165) is 22.7 Å². The van der Waals surface area contributed by atoms with Crippen molar-refractivity contribution < 1.29 is 14.3 Å². The molecule has 0 spiro atoms. The molecular formula is C25H19N3O3S. The predicted octanol–water partition coefficient (Wildman–Crippen LogP) is 5.22. The number of hydrogen-bond donors (Lipinski definition) is 2. The van der Waals surface area contributed by atoms with Crippen LogP contribution >= 0.6 is 12.2 Å². The topological polar surface area (TPSA) is 78.6 Å². The van der Waals surface area contributed by atoms with Crippen LogP contribution in [0, 0.1) is 0 Å². The molecular weight excluding hydrogens is 422 g/mol. The first kappa shape index (κ1) is 20.0. The van der Waals surface area contributed by atoms with Gasteiger partial charge in [-0.15, -0.1) is 0 Å². The van der Waals surface area contributed by atoms with Gasteiger partial charge in [-0.2, -0.15) is 0 Å². The van der Waals surface area contributed by atoms with Crippen LogP contribution < -0.4 is 10.2 Å². The lowest BCUT2D eigenvalue weighted by atomic mass is 10.0. The van der Waals surface area contributed by atoms with E-state index in [1.54, 1.807) is 30.5 Å². The molecule has 6 nitrogen and oxygen atoms in total. The van der Waals surface area contributed by atoms with Gasteiger partial charge in [-0.1, -0.05) is 36.4 Å². The van der Waals surface area contributed by atoms with Gasteiger partial charge in [0.15, 0.2) is 5.11 Å². The molecule has 158 valence electrons. The quantitative estimate of drug-likeness (QED) is 0.411. The first-order chi connectivity index (χ1) is 15.6. The number of aromatic nitrogens is 1. The maximum Gasteiger partial charge on any atom is 0.335 e. The van der Waals surface area contributed by atoms with Crippen molar-refractivity contribution in [2.24, 2.45) is 0 Å². The maximum atomic E-state index is 11.1. The van der Waals surface area contributed by atoms with Crippen molar-refractivity contribution in [1.29, 1.82) is 0 Å². The lowest BCUT2D eigenvalue weighted by Crippen LogP contribution is -2.29. The highest BCUT2D eigenvalue weighted by molar-refractivity contribution is 7.80. The Balaban J connectivity index is 1.56. The van der Waals surface area contributed by atoms with Gasteiger partial charge >= 0.3 is 5.97 Å². The molecule has 0 saturated carbocycles. The van der Waals surface area contributed by atoms with Gasteiger partial charge in [-0.3, -0.25) is 4.98 Å². The summed E-state index contributed by atoms with van der Waals surface area (Å²) in [4.78, 5) is 17.7. The van der Waals surface area contributed by atoms with E-state index in [-0.39, 0.29) is 17.6 Å². The number of nitrogens with zero attached hydrogens (tertiary/aromatic N) is 2. The van der Waals surface area contributed by atoms with Crippen LogP contribution in [0.15, 0.2) is 95.5 Å². The van der Waals surface area contributed by atoms with Crippen molar-refractivity contribution in [2.45, 2.75) is 12.1 Å². The number of para-hydroxylation sites is 1. The van der Waals surface area contributed by atoms with Crippen LogP contribution in [0.1, 0.15) is 33.9 Å². The third-order valence-electron chi connectivity index (χ3n) is 5.47. The lowest BCUT2D eigenvalue weighted by molar-refractivity contribution is 0.0697. The Morgan fingerprint density at radius 3 is 2.41 bits per heavy atom. The largest absolute Gasteiger partial charge is 0.478 e. The second-order valence-electron chi connectivity index (χ2n) is 7.42. The van der Waals surface area contributed by atoms with Crippen LogP contribution in [-0.2, 0) is 0 Å². The van der Waals surface area contributed by atoms with Crippen molar-refractivity contribution in [3.63, 3.8) is 0 Å². The Morgan fingerprint density at radius 2 is 1.72 bits per heavy atom. The minimum absolute atomic E-state index is 0.197. The minimum atomic E-state index is -0.959. The molecule has 2 atom stereocenters. The van der Waals surface area contributed by atoms with Gasteiger partial charge < -0.3 is 19.7 Å². The molecule has 0 bridgehead atoms. The number of rotatable bonds is 5. The molecule has 0 radical (unpaired) electrons. The molecule has 2 N–H and O–H groups in total. The van der Waals surface area contributed by atoms with Crippen LogP contribution in [0.3, 0.4) is 0 Å². The van der Waals surface area contributed by atoms with Crippen molar-refractivity contribution in [2.75, 3.05) is 4.90 Å². The minimum Gasteiger partial charge on any atom is -0.478 e. The number of carbonyl (C=O) groups is 1. The third-order valence-corrected chi connectivity index (χ3v) is 5.78. The molecule has 0 amide bonds. The molecule has 7 heteroatoms. The Morgan fingerprint density at radius 1 is 0.969 bits per heavy atom. The van der Waals surface area contributed by atoms with Crippen LogP contribution in [0.4, 0.5) is 5.69 Å². The molecule has 4 aromatic rings. The van der Waals surface area contributed by atoms with E-state index in [1.807, 2.05) is 65.6 Å². The van der Waals surface area contributed by atoms with E-state index < -0.39 is 5.97 Å². The number of benzene rings is 2. The number of pyridine rings is 1. The number of carboxylic acid groups (broad SMARTS) is 1. The zero-order chi connectivity index (χ0) is 22.1. The standard InChI is InChI=1S/C25H19N3O3S/c29-24(30)17-11-9-16(10-12-17)20-13-14-21(31-20)23-22(19-8-4-5-15-26-19)27-25(32)28(23)18-6-2-1-3-7-18/h1-15,22-23H,(H,27,32)(H,29,30). The highest BCUT2D eigenvalue weighted by atomic mass is 32.1. The van der Waals surface area contributed by atoms with Crippen LogP contribution in [0.2, 0.25) is 0 Å². The van der Waals surface area contributed by atoms with Gasteiger partial charge in [-0.25, -0.2) is 4.79 Å². The van der Waals surface area contributed by atoms with E-state index in [2.05, 4.69) is 10.3 Å². The Hall–Kier alpha value is -3.97. The number of carboxylic acids is 1. The molecule has 1 aliphatic rings. The fourth-order valence-electron chi connectivity index (χ4n) is 3.95. The number of aromatic carboxylic acids is 1. The molecule has 1 saturated heterocycles. The van der Waals surface area contributed by atoms with Crippen LogP contribution in [-0.4, -0.2) is 21.2 Å². The summed E-state index contributed by atoms with van der Waals surface area (Å²) < 4.78 is 6.29. The highest BCUT2D eigenvalue weighted by Crippen LogP contribution is 2.42. The first-order valence-corrected chi connectivity index (χ1v) is 10.5. The predicted molar refractivity (Wildman–Crippen MR) is 125 cm³/mol. The third kappa shape index (κ3) is 3.63. The number of hydrogen-bond acceptors (Lipinski definition) is 4. The number of furan rings is 1. The van der Waals surface area contributed by atoms with Gasteiger partial charge in [0.1, 0.15) is 17.6 Å². The van der Waals surface area contributed by atoms with Gasteiger partial charge in [0.2, 0.25) is 0 Å². The summed E-state index contributed by atoms with van der Waals surface area (Å²) in [5.74, 6) is 0.427. The highest BCUT2D eigenvalue weighted by Gasteiger charge is 2.42. The fourth-order valence-corrected chi connectivity index (χ4v) is 4.30. The molecule has 5 rings (SSSR count). The van der Waals surface area contributed by atoms with E-state index in [0.29, 0.717) is 10.9 Å². The number of thiocarbonyl (C=S) groups is 1. The summed E-state index contributed by atoms with van der Waals surface area (Å²) in [7, 11) is 0. The number of anilines is 1. The molecule has 2 unspecified atom stereocenters. The zero-order valence-electron chi connectivity index (χ0n) is 16.9. The Bertz CT molecular complexity index is 1260. The lowest BCUT2D eigenvalue weighted by Gasteiger charge is -2.26. The molecule has 3 heterocycles. The van der Waals surface area contributed by atoms with E-state index in [9.17, 15) is 4.79 Å². The Kier molecular flexibility index (Phi) is 5.17. The summed E-state index contributed by atoms with van der Waals surface area (Å²) in [5, 5.41) is 13.1. The summed E-state index contributed by atoms with van der Waals surface area (Å²) in [6.45, 7) is 0. The van der Waals surface area contributed by atoms with Crippen LogP contribution in [0.25, 0.3) is 11.3 Å². The monoisotopic (exact) mass is 441 g/mol. The van der Waals surface area contributed by atoms with Gasteiger partial charge in [0.05, 0.1) is 17.3 Å². The van der Waals surface area contributed by atoms with E-state index >= 15 is 0 Å². The summed E-state index contributed by atoms with van der Waals surface area (Å²) in [5.41, 5.74) is 2.85. The molecule has 1 fully saturated rings. The SMILES string of the molecule is O=C(O)c1ccc(-c2ccc(C3C(c4ccccn4)NC(=S)N3c3ccccc3)o2)cc1. The van der Waals surface area contributed by atoms with E-state index in [4.69, 9.17) is 21.7 Å². The molecule has 32 heavy (non-hydrogen) atoms. The number of nitrogens with one attached hydrogen (secondary N) is 1. The Labute approximate surface area is 190 Å². The molecule has 0 aliphatic carbocycles. The van der Waals surface area contributed by atoms with E-state index in [1.165, 1.54) is 0 Å².